The normalized spacial score (nSPS) is 18.2. The number of anilines is 1. The molecule has 1 saturated carbocycles. The first kappa shape index (κ1) is 16.9. The van der Waals surface area contributed by atoms with Crippen LogP contribution in [0.5, 0.6) is 0 Å². The average molecular weight is 334 g/mol. The van der Waals surface area contributed by atoms with Crippen LogP contribution in [0, 0.1) is 5.92 Å². The molecule has 0 atom stereocenters. The van der Waals surface area contributed by atoms with Crippen molar-refractivity contribution in [3.05, 3.63) is 6.33 Å². The van der Waals surface area contributed by atoms with Crippen molar-refractivity contribution < 1.29 is 9.59 Å². The molecule has 2 amide bonds. The van der Waals surface area contributed by atoms with Gasteiger partial charge in [-0.3, -0.25) is 14.9 Å². The third-order valence-corrected chi connectivity index (χ3v) is 4.46. The number of hydrogen-bond donors (Lipinski definition) is 2. The Hall–Kier alpha value is -1.96. The van der Waals surface area contributed by atoms with Crippen LogP contribution < -0.4 is 10.6 Å². The molecule has 1 aliphatic carbocycles. The third-order valence-electron chi connectivity index (χ3n) is 4.46. The highest BCUT2D eigenvalue weighted by atomic mass is 16.2. The summed E-state index contributed by atoms with van der Waals surface area (Å²) in [7, 11) is 0. The predicted molar refractivity (Wildman–Crippen MR) is 89.3 cm³/mol. The molecule has 0 unspecified atom stereocenters. The van der Waals surface area contributed by atoms with Gasteiger partial charge in [0.25, 0.3) is 0 Å². The van der Waals surface area contributed by atoms with Crippen molar-refractivity contribution in [2.24, 2.45) is 5.92 Å². The van der Waals surface area contributed by atoms with E-state index in [1.807, 2.05) is 4.90 Å². The fraction of sp³-hybridized carbons (Fsp3) is 0.750. The Kier molecular flexibility index (Phi) is 5.79. The zero-order valence-corrected chi connectivity index (χ0v) is 14.0. The number of aromatic nitrogens is 3. The Morgan fingerprint density at radius 2 is 1.92 bits per heavy atom. The van der Waals surface area contributed by atoms with Gasteiger partial charge in [-0.05, 0) is 38.1 Å². The molecule has 2 N–H and O–H groups in total. The van der Waals surface area contributed by atoms with Crippen LogP contribution in [0.2, 0.25) is 0 Å². The van der Waals surface area contributed by atoms with Crippen LogP contribution in [0.25, 0.3) is 0 Å². The van der Waals surface area contributed by atoms with Gasteiger partial charge in [0, 0.05) is 13.1 Å². The van der Waals surface area contributed by atoms with Gasteiger partial charge >= 0.3 is 0 Å². The molecule has 8 nitrogen and oxygen atoms in total. The van der Waals surface area contributed by atoms with E-state index in [1.54, 1.807) is 0 Å². The van der Waals surface area contributed by atoms with Crippen LogP contribution in [0.15, 0.2) is 6.33 Å². The van der Waals surface area contributed by atoms with E-state index in [4.69, 9.17) is 0 Å². The predicted octanol–water partition coefficient (Wildman–Crippen LogP) is 0.619. The van der Waals surface area contributed by atoms with E-state index >= 15 is 0 Å². The molecule has 132 valence electrons. The maximum Gasteiger partial charge on any atom is 0.248 e. The Bertz CT molecular complexity index is 561. The first-order valence-electron chi connectivity index (χ1n) is 8.88. The number of amides is 2. The van der Waals surface area contributed by atoms with E-state index < -0.39 is 0 Å². The molecule has 0 aromatic carbocycles. The Morgan fingerprint density at radius 3 is 2.62 bits per heavy atom. The van der Waals surface area contributed by atoms with Crippen LogP contribution in [-0.2, 0) is 16.1 Å². The summed E-state index contributed by atoms with van der Waals surface area (Å²) >= 11 is 0. The van der Waals surface area contributed by atoms with Gasteiger partial charge in [0.1, 0.15) is 12.9 Å². The molecule has 1 aliphatic heterocycles. The molecule has 24 heavy (non-hydrogen) atoms. The zero-order chi connectivity index (χ0) is 16.8. The van der Waals surface area contributed by atoms with Crippen molar-refractivity contribution in [2.75, 3.05) is 31.5 Å². The van der Waals surface area contributed by atoms with E-state index in [0.29, 0.717) is 0 Å². The lowest BCUT2D eigenvalue weighted by molar-refractivity contribution is -0.132. The van der Waals surface area contributed by atoms with Crippen LogP contribution >= 0.6 is 0 Å². The van der Waals surface area contributed by atoms with Crippen molar-refractivity contribution in [3.8, 4) is 0 Å². The lowest BCUT2D eigenvalue weighted by Crippen LogP contribution is -2.34. The maximum absolute atomic E-state index is 12.3. The topological polar surface area (TPSA) is 92.2 Å². The van der Waals surface area contributed by atoms with Crippen LogP contribution in [0.3, 0.4) is 0 Å². The summed E-state index contributed by atoms with van der Waals surface area (Å²) in [4.78, 5) is 30.0. The molecule has 1 saturated heterocycles. The quantitative estimate of drug-likeness (QED) is 0.762. The third kappa shape index (κ3) is 5.30. The summed E-state index contributed by atoms with van der Waals surface area (Å²) in [6.07, 6.45) is 8.52. The highest BCUT2D eigenvalue weighted by Gasteiger charge is 2.21. The molecule has 2 fully saturated rings. The number of carbonyl (C=O) groups excluding carboxylic acids is 2. The van der Waals surface area contributed by atoms with Gasteiger partial charge in [-0.15, -0.1) is 5.10 Å². The second-order valence-electron chi connectivity index (χ2n) is 6.68. The first-order valence-corrected chi connectivity index (χ1v) is 8.88. The molecule has 2 heterocycles. The maximum atomic E-state index is 12.3. The van der Waals surface area contributed by atoms with Crippen molar-refractivity contribution in [1.29, 1.82) is 0 Å². The van der Waals surface area contributed by atoms with Crippen LogP contribution in [0.1, 0.15) is 38.5 Å². The molecule has 0 radical (unpaired) electrons. The van der Waals surface area contributed by atoms with E-state index in [9.17, 15) is 9.59 Å². The fourth-order valence-electron chi connectivity index (χ4n) is 2.87. The Morgan fingerprint density at radius 1 is 1.17 bits per heavy atom. The summed E-state index contributed by atoms with van der Waals surface area (Å²) in [5, 5.41) is 9.93. The SMILES string of the molecule is O=C(CNCC1CC1)Nc1ncn(CC(=O)N2CCCCCC2)n1. The minimum atomic E-state index is -0.160. The van der Waals surface area contributed by atoms with Gasteiger partial charge in [-0.25, -0.2) is 9.67 Å². The number of nitrogens with zero attached hydrogens (tertiary/aromatic N) is 4. The number of rotatable bonds is 7. The lowest BCUT2D eigenvalue weighted by Gasteiger charge is -2.19. The molecule has 1 aromatic heterocycles. The van der Waals surface area contributed by atoms with Crippen molar-refractivity contribution in [3.63, 3.8) is 0 Å². The molecule has 2 aliphatic rings. The van der Waals surface area contributed by atoms with E-state index in [2.05, 4.69) is 20.7 Å². The molecular formula is C16H26N6O2. The highest BCUT2D eigenvalue weighted by Crippen LogP contribution is 2.27. The van der Waals surface area contributed by atoms with E-state index in [-0.39, 0.29) is 30.9 Å². The largest absolute Gasteiger partial charge is 0.341 e. The molecule has 0 spiro atoms. The molecular weight excluding hydrogens is 308 g/mol. The molecule has 0 bridgehead atoms. The minimum Gasteiger partial charge on any atom is -0.341 e. The summed E-state index contributed by atoms with van der Waals surface area (Å²) in [6, 6.07) is 0. The number of nitrogens with one attached hydrogen (secondary N) is 2. The minimum absolute atomic E-state index is 0.0609. The summed E-state index contributed by atoms with van der Waals surface area (Å²) in [5.41, 5.74) is 0. The lowest BCUT2D eigenvalue weighted by atomic mass is 10.2. The van der Waals surface area contributed by atoms with Gasteiger partial charge < -0.3 is 10.2 Å². The van der Waals surface area contributed by atoms with Crippen molar-refractivity contribution >= 4 is 17.8 Å². The van der Waals surface area contributed by atoms with Crippen LogP contribution in [0.4, 0.5) is 5.95 Å². The first-order chi connectivity index (χ1) is 11.7. The standard InChI is InChI=1S/C16H26N6O2/c23-14(10-17-9-13-5-6-13)19-16-18-12-22(20-16)11-15(24)21-7-3-1-2-4-8-21/h12-13,17H,1-11H2,(H,19,20,23). The van der Waals surface area contributed by atoms with Gasteiger partial charge in [0.05, 0.1) is 6.54 Å². The number of hydrogen-bond acceptors (Lipinski definition) is 5. The summed E-state index contributed by atoms with van der Waals surface area (Å²) < 4.78 is 1.49. The molecule has 3 rings (SSSR count). The number of likely N-dealkylation sites (tertiary alicyclic amines) is 1. The van der Waals surface area contributed by atoms with Gasteiger partial charge in [0.15, 0.2) is 0 Å². The number of carbonyl (C=O) groups is 2. The van der Waals surface area contributed by atoms with Crippen molar-refractivity contribution in [1.82, 2.24) is 25.0 Å². The summed E-state index contributed by atoms with van der Waals surface area (Å²) in [5.74, 6) is 0.884. The van der Waals surface area contributed by atoms with E-state index in [0.717, 1.165) is 38.4 Å². The van der Waals surface area contributed by atoms with Gasteiger partial charge in [-0.1, -0.05) is 12.8 Å². The van der Waals surface area contributed by atoms with Gasteiger partial charge in [0.2, 0.25) is 17.8 Å². The van der Waals surface area contributed by atoms with Gasteiger partial charge in [-0.2, -0.15) is 0 Å². The van der Waals surface area contributed by atoms with Crippen LogP contribution in [-0.4, -0.2) is 57.7 Å². The molecule has 8 heteroatoms. The Balaban J connectivity index is 1.42. The zero-order valence-electron chi connectivity index (χ0n) is 14.0. The fourth-order valence-corrected chi connectivity index (χ4v) is 2.87. The second-order valence-corrected chi connectivity index (χ2v) is 6.68. The second kappa shape index (κ2) is 8.23. The Labute approximate surface area is 142 Å². The highest BCUT2D eigenvalue weighted by molar-refractivity contribution is 5.90. The monoisotopic (exact) mass is 334 g/mol. The molecule has 1 aromatic rings. The van der Waals surface area contributed by atoms with Crippen molar-refractivity contribution in [2.45, 2.75) is 45.1 Å². The van der Waals surface area contributed by atoms with E-state index in [1.165, 1.54) is 36.7 Å². The smallest absolute Gasteiger partial charge is 0.248 e. The average Bonchev–Trinajstić information content (AvgIpc) is 3.33. The summed E-state index contributed by atoms with van der Waals surface area (Å²) in [6.45, 7) is 2.97.